The molecule has 2 aromatic rings. The Morgan fingerprint density at radius 2 is 1.83 bits per heavy atom. The normalized spacial score (nSPS) is 19.5. The molecule has 2 aliphatic rings. The summed E-state index contributed by atoms with van der Waals surface area (Å²) >= 11 is 0. The lowest BCUT2D eigenvalue weighted by molar-refractivity contribution is -0.286. The van der Waals surface area contributed by atoms with E-state index < -0.39 is 6.29 Å². The van der Waals surface area contributed by atoms with Gasteiger partial charge in [0.25, 0.3) is 0 Å². The molecular formula is C16H16F2N4O2. The number of anilines is 1. The van der Waals surface area contributed by atoms with Gasteiger partial charge < -0.3 is 14.4 Å². The third-order valence-electron chi connectivity index (χ3n) is 4.12. The number of hydrogen-bond donors (Lipinski definition) is 0. The average Bonchev–Trinajstić information content (AvgIpc) is 2.89. The lowest BCUT2D eigenvalue weighted by Gasteiger charge is -2.35. The second kappa shape index (κ2) is 5.86. The number of fused-ring (bicyclic) bond motifs is 1. The molecule has 3 heterocycles. The summed E-state index contributed by atoms with van der Waals surface area (Å²) in [5, 5.41) is 0. The van der Waals surface area contributed by atoms with Crippen LogP contribution in [0.2, 0.25) is 0 Å². The molecule has 8 heteroatoms. The minimum absolute atomic E-state index is 0.0798. The van der Waals surface area contributed by atoms with Gasteiger partial charge >= 0.3 is 6.29 Å². The maximum Gasteiger partial charge on any atom is 0.586 e. The molecule has 0 saturated carbocycles. The van der Waals surface area contributed by atoms with Gasteiger partial charge in [-0.2, -0.15) is 0 Å². The second-order valence-electron chi connectivity index (χ2n) is 5.78. The van der Waals surface area contributed by atoms with E-state index in [0.29, 0.717) is 6.54 Å². The predicted octanol–water partition coefficient (Wildman–Crippen LogP) is 2.12. The van der Waals surface area contributed by atoms with Gasteiger partial charge in [-0.25, -0.2) is 4.98 Å². The molecule has 1 fully saturated rings. The van der Waals surface area contributed by atoms with Crippen LogP contribution >= 0.6 is 0 Å². The summed E-state index contributed by atoms with van der Waals surface area (Å²) in [6.07, 6.45) is 1.53. The molecule has 0 unspecified atom stereocenters. The number of alkyl halides is 2. The quantitative estimate of drug-likeness (QED) is 0.857. The summed E-state index contributed by atoms with van der Waals surface area (Å²) in [5.74, 6) is 1.05. The van der Waals surface area contributed by atoms with Crippen molar-refractivity contribution in [3.05, 3.63) is 42.4 Å². The van der Waals surface area contributed by atoms with Gasteiger partial charge in [0.1, 0.15) is 5.82 Å². The first kappa shape index (κ1) is 15.1. The van der Waals surface area contributed by atoms with Crippen molar-refractivity contribution >= 4 is 5.82 Å². The molecule has 6 nitrogen and oxygen atoms in total. The molecule has 1 saturated heterocycles. The molecule has 0 radical (unpaired) electrons. The Bertz CT molecular complexity index is 721. The monoisotopic (exact) mass is 334 g/mol. The molecule has 0 amide bonds. The van der Waals surface area contributed by atoms with Gasteiger partial charge in [-0.15, -0.1) is 8.78 Å². The number of halogens is 2. The van der Waals surface area contributed by atoms with Gasteiger partial charge in [0.05, 0.1) is 6.20 Å². The molecule has 1 aromatic carbocycles. The highest BCUT2D eigenvalue weighted by atomic mass is 19.3. The van der Waals surface area contributed by atoms with Crippen LogP contribution in [0, 0.1) is 0 Å². The molecule has 2 aliphatic heterocycles. The van der Waals surface area contributed by atoms with Crippen molar-refractivity contribution in [2.75, 3.05) is 31.1 Å². The van der Waals surface area contributed by atoms with Crippen LogP contribution in [0.25, 0.3) is 0 Å². The predicted molar refractivity (Wildman–Crippen MR) is 82.2 cm³/mol. The number of rotatable bonds is 3. The summed E-state index contributed by atoms with van der Waals surface area (Å²) in [5.41, 5.74) is 0.919. The summed E-state index contributed by atoms with van der Waals surface area (Å²) in [6.45, 7) is 4.10. The molecule has 24 heavy (non-hydrogen) atoms. The van der Waals surface area contributed by atoms with E-state index in [4.69, 9.17) is 0 Å². The highest BCUT2D eigenvalue weighted by Gasteiger charge is 2.43. The van der Waals surface area contributed by atoms with Crippen LogP contribution in [0.4, 0.5) is 14.6 Å². The van der Waals surface area contributed by atoms with Crippen LogP contribution in [0.3, 0.4) is 0 Å². The number of ether oxygens (including phenoxy) is 2. The van der Waals surface area contributed by atoms with Gasteiger partial charge in [-0.05, 0) is 17.7 Å². The molecule has 0 bridgehead atoms. The van der Waals surface area contributed by atoms with Gasteiger partial charge in [0.15, 0.2) is 11.5 Å². The van der Waals surface area contributed by atoms with Crippen LogP contribution in [-0.2, 0) is 6.54 Å². The first-order valence-corrected chi connectivity index (χ1v) is 7.71. The third kappa shape index (κ3) is 3.09. The highest BCUT2D eigenvalue weighted by molar-refractivity contribution is 5.45. The van der Waals surface area contributed by atoms with Crippen molar-refractivity contribution in [3.63, 3.8) is 0 Å². The molecular weight excluding hydrogens is 318 g/mol. The van der Waals surface area contributed by atoms with Crippen LogP contribution in [-0.4, -0.2) is 47.3 Å². The molecule has 0 aliphatic carbocycles. The fourth-order valence-electron chi connectivity index (χ4n) is 2.94. The molecule has 126 valence electrons. The third-order valence-corrected chi connectivity index (χ3v) is 4.12. The maximum atomic E-state index is 13.1. The second-order valence-corrected chi connectivity index (χ2v) is 5.78. The van der Waals surface area contributed by atoms with Crippen molar-refractivity contribution in [2.45, 2.75) is 12.8 Å². The Kier molecular flexibility index (Phi) is 3.68. The number of piperazine rings is 1. The Hall–Kier alpha value is -2.48. The SMILES string of the molecule is FC1(F)Oc2ccc(CN3CCN(c4cnccn4)CC3)cc2O1. The van der Waals surface area contributed by atoms with Gasteiger partial charge in [0.2, 0.25) is 0 Å². The van der Waals surface area contributed by atoms with E-state index in [0.717, 1.165) is 37.6 Å². The van der Waals surface area contributed by atoms with Crippen LogP contribution in [0.5, 0.6) is 11.5 Å². The summed E-state index contributed by atoms with van der Waals surface area (Å²) in [6, 6.07) is 4.94. The van der Waals surface area contributed by atoms with E-state index in [1.807, 2.05) is 0 Å². The van der Waals surface area contributed by atoms with Crippen LogP contribution < -0.4 is 14.4 Å². The fraction of sp³-hybridized carbons (Fsp3) is 0.375. The number of hydrogen-bond acceptors (Lipinski definition) is 6. The molecule has 1 aromatic heterocycles. The van der Waals surface area contributed by atoms with E-state index in [1.165, 1.54) is 6.07 Å². The first-order valence-electron chi connectivity index (χ1n) is 7.71. The Labute approximate surface area is 137 Å². The standard InChI is InChI=1S/C16H16F2N4O2/c17-16(18)23-13-2-1-12(9-14(13)24-16)11-21-5-7-22(8-6-21)15-10-19-3-4-20-15/h1-4,9-10H,5-8,11H2. The van der Waals surface area contributed by atoms with Crippen molar-refractivity contribution in [2.24, 2.45) is 0 Å². The van der Waals surface area contributed by atoms with Crippen LogP contribution in [0.1, 0.15) is 5.56 Å². The molecule has 0 spiro atoms. The summed E-state index contributed by atoms with van der Waals surface area (Å²) < 4.78 is 35.0. The molecule has 0 atom stereocenters. The van der Waals surface area contributed by atoms with Crippen molar-refractivity contribution in [1.82, 2.24) is 14.9 Å². The van der Waals surface area contributed by atoms with E-state index >= 15 is 0 Å². The topological polar surface area (TPSA) is 50.7 Å². The van der Waals surface area contributed by atoms with Gasteiger partial charge in [0, 0.05) is 45.1 Å². The summed E-state index contributed by atoms with van der Waals surface area (Å²) in [7, 11) is 0. The minimum Gasteiger partial charge on any atom is -0.395 e. The summed E-state index contributed by atoms with van der Waals surface area (Å²) in [4.78, 5) is 12.8. The average molecular weight is 334 g/mol. The number of nitrogens with zero attached hydrogens (tertiary/aromatic N) is 4. The Morgan fingerprint density at radius 1 is 1.04 bits per heavy atom. The van der Waals surface area contributed by atoms with E-state index in [1.54, 1.807) is 30.7 Å². The molecule has 4 rings (SSSR count). The lowest BCUT2D eigenvalue weighted by Crippen LogP contribution is -2.46. The van der Waals surface area contributed by atoms with Crippen molar-refractivity contribution in [1.29, 1.82) is 0 Å². The maximum absolute atomic E-state index is 13.1. The van der Waals surface area contributed by atoms with Crippen molar-refractivity contribution < 1.29 is 18.3 Å². The number of aromatic nitrogens is 2. The minimum atomic E-state index is -3.57. The fourth-order valence-corrected chi connectivity index (χ4v) is 2.94. The van der Waals surface area contributed by atoms with E-state index in [9.17, 15) is 8.78 Å². The number of benzene rings is 1. The van der Waals surface area contributed by atoms with Crippen LogP contribution in [0.15, 0.2) is 36.8 Å². The Morgan fingerprint density at radius 3 is 2.58 bits per heavy atom. The van der Waals surface area contributed by atoms with E-state index in [-0.39, 0.29) is 11.5 Å². The van der Waals surface area contributed by atoms with Gasteiger partial charge in [-0.1, -0.05) is 6.07 Å². The highest BCUT2D eigenvalue weighted by Crippen LogP contribution is 2.41. The zero-order valence-corrected chi connectivity index (χ0v) is 12.9. The zero-order valence-electron chi connectivity index (χ0n) is 12.9. The zero-order chi connectivity index (χ0) is 16.6. The largest absolute Gasteiger partial charge is 0.586 e. The van der Waals surface area contributed by atoms with Crippen molar-refractivity contribution in [3.8, 4) is 11.5 Å². The smallest absolute Gasteiger partial charge is 0.395 e. The van der Waals surface area contributed by atoms with E-state index in [2.05, 4.69) is 29.2 Å². The Balaban J connectivity index is 1.36. The lowest BCUT2D eigenvalue weighted by atomic mass is 10.1. The van der Waals surface area contributed by atoms with Gasteiger partial charge in [-0.3, -0.25) is 9.88 Å². The first-order chi connectivity index (χ1) is 11.6. The molecule has 0 N–H and O–H groups in total.